The zero-order valence-electron chi connectivity index (χ0n) is 11.6. The molecular formula is C14H17BrF2N2O2. The van der Waals surface area contributed by atoms with Gasteiger partial charge in [-0.2, -0.15) is 0 Å². The molecule has 1 aromatic carbocycles. The summed E-state index contributed by atoms with van der Waals surface area (Å²) in [5.74, 6) is -2.25. The van der Waals surface area contributed by atoms with Gasteiger partial charge in [-0.25, -0.2) is 8.78 Å². The van der Waals surface area contributed by atoms with Gasteiger partial charge in [-0.15, -0.1) is 0 Å². The van der Waals surface area contributed by atoms with Gasteiger partial charge in [0.15, 0.2) is 5.82 Å². The fourth-order valence-corrected chi connectivity index (χ4v) is 2.73. The van der Waals surface area contributed by atoms with Gasteiger partial charge in [-0.05, 0) is 35.0 Å². The van der Waals surface area contributed by atoms with Crippen molar-refractivity contribution in [2.75, 3.05) is 25.1 Å². The predicted octanol–water partition coefficient (Wildman–Crippen LogP) is 2.68. The number of rotatable bonds is 5. The van der Waals surface area contributed by atoms with Crippen molar-refractivity contribution >= 4 is 27.5 Å². The Bertz CT molecular complexity index is 505. The molecule has 4 nitrogen and oxygen atoms in total. The van der Waals surface area contributed by atoms with Crippen LogP contribution in [0, 0.1) is 17.6 Å². The molecule has 0 bridgehead atoms. The molecule has 0 aromatic heterocycles. The van der Waals surface area contributed by atoms with Gasteiger partial charge in [-0.3, -0.25) is 4.79 Å². The van der Waals surface area contributed by atoms with Gasteiger partial charge in [-0.1, -0.05) is 6.92 Å². The fourth-order valence-electron chi connectivity index (χ4n) is 2.22. The third-order valence-electron chi connectivity index (χ3n) is 3.33. The average molecular weight is 363 g/mol. The number of carbonyl (C=O) groups excluding carboxylic acids is 1. The smallest absolute Gasteiger partial charge is 0.231 e. The molecular weight excluding hydrogens is 346 g/mol. The molecule has 1 heterocycles. The van der Waals surface area contributed by atoms with Gasteiger partial charge < -0.3 is 15.4 Å². The van der Waals surface area contributed by atoms with E-state index in [1.165, 1.54) is 0 Å². The van der Waals surface area contributed by atoms with Crippen LogP contribution in [-0.2, 0) is 9.53 Å². The number of hydrogen-bond acceptors (Lipinski definition) is 3. The molecule has 7 heteroatoms. The Balaban J connectivity index is 2.07. The van der Waals surface area contributed by atoms with Crippen LogP contribution in [0.1, 0.15) is 13.3 Å². The number of hydrogen-bond donors (Lipinski definition) is 2. The summed E-state index contributed by atoms with van der Waals surface area (Å²) in [6, 6.07) is 1.75. The van der Waals surface area contributed by atoms with Crippen molar-refractivity contribution in [2.24, 2.45) is 5.92 Å². The molecule has 0 radical (unpaired) electrons. The molecule has 0 spiro atoms. The van der Waals surface area contributed by atoms with Crippen LogP contribution < -0.4 is 10.6 Å². The Morgan fingerprint density at radius 1 is 1.43 bits per heavy atom. The first-order valence-electron chi connectivity index (χ1n) is 6.79. The molecule has 0 saturated carbocycles. The molecule has 116 valence electrons. The summed E-state index contributed by atoms with van der Waals surface area (Å²) in [7, 11) is 0. The molecule has 1 aliphatic rings. The quantitative estimate of drug-likeness (QED) is 0.846. The SMILES string of the molecule is CCCNC1COCC1C(=O)Nc1c(F)cc(F)cc1Br. The van der Waals surface area contributed by atoms with E-state index < -0.39 is 17.6 Å². The first-order chi connectivity index (χ1) is 10.0. The van der Waals surface area contributed by atoms with E-state index in [-0.39, 0.29) is 28.7 Å². The maximum absolute atomic E-state index is 13.7. The minimum atomic E-state index is -0.813. The molecule has 2 rings (SSSR count). The topological polar surface area (TPSA) is 50.4 Å². The van der Waals surface area contributed by atoms with Gasteiger partial charge in [0.25, 0.3) is 0 Å². The Morgan fingerprint density at radius 3 is 2.86 bits per heavy atom. The van der Waals surface area contributed by atoms with Crippen molar-refractivity contribution in [2.45, 2.75) is 19.4 Å². The summed E-state index contributed by atoms with van der Waals surface area (Å²) in [6.45, 7) is 3.55. The van der Waals surface area contributed by atoms with Crippen molar-refractivity contribution in [3.63, 3.8) is 0 Å². The van der Waals surface area contributed by atoms with Gasteiger partial charge >= 0.3 is 0 Å². The number of ether oxygens (including phenoxy) is 1. The summed E-state index contributed by atoms with van der Waals surface area (Å²) in [5.41, 5.74) is -0.0532. The lowest BCUT2D eigenvalue weighted by Crippen LogP contribution is -2.41. The Morgan fingerprint density at radius 2 is 2.19 bits per heavy atom. The first kappa shape index (κ1) is 16.3. The van der Waals surface area contributed by atoms with Crippen LogP contribution >= 0.6 is 15.9 Å². The van der Waals surface area contributed by atoms with Crippen LogP contribution in [0.5, 0.6) is 0 Å². The number of carbonyl (C=O) groups is 1. The molecule has 1 fully saturated rings. The summed E-state index contributed by atoms with van der Waals surface area (Å²) < 4.78 is 32.3. The molecule has 0 aliphatic carbocycles. The molecule has 2 atom stereocenters. The Kier molecular flexibility index (Phi) is 5.66. The molecule has 1 amide bonds. The van der Waals surface area contributed by atoms with E-state index in [9.17, 15) is 13.6 Å². The lowest BCUT2D eigenvalue weighted by molar-refractivity contribution is -0.120. The van der Waals surface area contributed by atoms with Crippen molar-refractivity contribution in [3.05, 3.63) is 28.2 Å². The highest BCUT2D eigenvalue weighted by Gasteiger charge is 2.34. The maximum atomic E-state index is 13.7. The van der Waals surface area contributed by atoms with Crippen molar-refractivity contribution in [1.82, 2.24) is 5.32 Å². The summed E-state index contributed by atoms with van der Waals surface area (Å²) in [5, 5.41) is 5.74. The second-order valence-corrected chi connectivity index (χ2v) is 5.79. The van der Waals surface area contributed by atoms with Crippen LogP contribution in [0.4, 0.5) is 14.5 Å². The minimum absolute atomic E-state index is 0.0532. The lowest BCUT2D eigenvalue weighted by atomic mass is 10.0. The van der Waals surface area contributed by atoms with Crippen LogP contribution in [0.25, 0.3) is 0 Å². The second kappa shape index (κ2) is 7.29. The largest absolute Gasteiger partial charge is 0.379 e. The van der Waals surface area contributed by atoms with E-state index in [1.54, 1.807) is 0 Å². The van der Waals surface area contributed by atoms with Gasteiger partial charge in [0.2, 0.25) is 5.91 Å². The highest BCUT2D eigenvalue weighted by atomic mass is 79.9. The second-order valence-electron chi connectivity index (χ2n) is 4.94. The number of anilines is 1. The summed E-state index contributed by atoms with van der Waals surface area (Å²) >= 11 is 3.05. The Labute approximate surface area is 130 Å². The van der Waals surface area contributed by atoms with Crippen molar-refractivity contribution in [1.29, 1.82) is 0 Å². The zero-order valence-corrected chi connectivity index (χ0v) is 13.2. The van der Waals surface area contributed by atoms with E-state index >= 15 is 0 Å². The normalized spacial score (nSPS) is 21.5. The van der Waals surface area contributed by atoms with E-state index in [0.29, 0.717) is 6.61 Å². The van der Waals surface area contributed by atoms with Crippen LogP contribution in [0.3, 0.4) is 0 Å². The van der Waals surface area contributed by atoms with E-state index in [2.05, 4.69) is 26.6 Å². The third kappa shape index (κ3) is 3.99. The molecule has 1 aromatic rings. The van der Waals surface area contributed by atoms with E-state index in [1.807, 2.05) is 6.92 Å². The monoisotopic (exact) mass is 362 g/mol. The third-order valence-corrected chi connectivity index (χ3v) is 3.95. The summed E-state index contributed by atoms with van der Waals surface area (Å²) in [4.78, 5) is 12.3. The first-order valence-corrected chi connectivity index (χ1v) is 7.58. The van der Waals surface area contributed by atoms with E-state index in [4.69, 9.17) is 4.74 Å². The molecule has 2 N–H and O–H groups in total. The van der Waals surface area contributed by atoms with Gasteiger partial charge in [0, 0.05) is 16.6 Å². The Hall–Kier alpha value is -1.05. The number of halogens is 3. The highest BCUT2D eigenvalue weighted by Crippen LogP contribution is 2.28. The predicted molar refractivity (Wildman–Crippen MR) is 79.1 cm³/mol. The fraction of sp³-hybridized carbons (Fsp3) is 0.500. The van der Waals surface area contributed by atoms with Crippen LogP contribution in [0.15, 0.2) is 16.6 Å². The minimum Gasteiger partial charge on any atom is -0.379 e. The number of benzene rings is 1. The molecule has 1 aliphatic heterocycles. The van der Waals surface area contributed by atoms with Crippen LogP contribution in [-0.4, -0.2) is 31.7 Å². The van der Waals surface area contributed by atoms with Gasteiger partial charge in [0.1, 0.15) is 5.82 Å². The average Bonchev–Trinajstić information content (AvgIpc) is 2.88. The van der Waals surface area contributed by atoms with Crippen molar-refractivity contribution < 1.29 is 18.3 Å². The molecule has 21 heavy (non-hydrogen) atoms. The zero-order chi connectivity index (χ0) is 15.4. The molecule has 1 saturated heterocycles. The standard InChI is InChI=1S/C14H17BrF2N2O2/c1-2-3-18-12-7-21-6-9(12)14(20)19-13-10(15)4-8(16)5-11(13)17/h4-5,9,12,18H,2-3,6-7H2,1H3,(H,19,20). The number of nitrogens with one attached hydrogen (secondary N) is 2. The van der Waals surface area contributed by atoms with Crippen molar-refractivity contribution in [3.8, 4) is 0 Å². The maximum Gasteiger partial charge on any atom is 0.231 e. The van der Waals surface area contributed by atoms with E-state index in [0.717, 1.165) is 25.1 Å². The van der Waals surface area contributed by atoms with Crippen LogP contribution in [0.2, 0.25) is 0 Å². The number of amides is 1. The van der Waals surface area contributed by atoms with Gasteiger partial charge in [0.05, 0.1) is 24.8 Å². The lowest BCUT2D eigenvalue weighted by Gasteiger charge is -2.19. The highest BCUT2D eigenvalue weighted by molar-refractivity contribution is 9.10. The molecule has 2 unspecified atom stereocenters. The summed E-state index contributed by atoms with van der Waals surface area (Å²) in [6.07, 6.45) is 0.947.